The van der Waals surface area contributed by atoms with Crippen molar-refractivity contribution < 1.29 is 0 Å². The minimum Gasteiger partial charge on any atom is -0.295 e. The Labute approximate surface area is 133 Å². The van der Waals surface area contributed by atoms with Crippen molar-refractivity contribution in [1.82, 2.24) is 24.5 Å². The molecule has 0 spiro atoms. The first-order chi connectivity index (χ1) is 10.2. The maximum absolute atomic E-state index is 4.68. The van der Waals surface area contributed by atoms with Crippen molar-refractivity contribution in [1.29, 1.82) is 0 Å². The summed E-state index contributed by atoms with van der Waals surface area (Å²) in [4.78, 5) is 2.54. The molecule has 21 heavy (non-hydrogen) atoms. The largest absolute Gasteiger partial charge is 0.295 e. The van der Waals surface area contributed by atoms with Crippen molar-refractivity contribution in [3.05, 3.63) is 33.8 Å². The number of nitrogens with zero attached hydrogens (tertiary/aromatic N) is 5. The second kappa shape index (κ2) is 5.25. The van der Waals surface area contributed by atoms with Crippen molar-refractivity contribution in [2.75, 3.05) is 13.1 Å². The Hall–Kier alpha value is -1.14. The van der Waals surface area contributed by atoms with Crippen LogP contribution in [0, 0.1) is 0 Å². The van der Waals surface area contributed by atoms with E-state index in [4.69, 9.17) is 0 Å². The third kappa shape index (κ3) is 2.44. The predicted octanol–water partition coefficient (Wildman–Crippen LogP) is 2.31. The summed E-state index contributed by atoms with van der Waals surface area (Å²) in [5.74, 6) is 0. The first kappa shape index (κ1) is 13.5. The summed E-state index contributed by atoms with van der Waals surface area (Å²) in [7, 11) is 2.09. The summed E-state index contributed by atoms with van der Waals surface area (Å²) in [6.45, 7) is 3.24. The van der Waals surface area contributed by atoms with Gasteiger partial charge >= 0.3 is 0 Å². The van der Waals surface area contributed by atoms with Gasteiger partial charge in [0.25, 0.3) is 0 Å². The number of aryl methyl sites for hydroxylation is 2. The molecule has 5 nitrogen and oxygen atoms in total. The van der Waals surface area contributed by atoms with Gasteiger partial charge in [-0.25, -0.2) is 0 Å². The average molecular weight is 350 g/mol. The van der Waals surface area contributed by atoms with E-state index in [0.29, 0.717) is 6.04 Å². The number of aromatic nitrogens is 4. The lowest BCUT2D eigenvalue weighted by atomic mass is 10.2. The summed E-state index contributed by atoms with van der Waals surface area (Å²) >= 11 is 3.48. The fraction of sp³-hybridized carbons (Fsp3) is 0.600. The molecule has 3 heterocycles. The smallest absolute Gasteiger partial charge is 0.0660 e. The zero-order chi connectivity index (χ0) is 14.4. The highest BCUT2D eigenvalue weighted by atomic mass is 79.9. The molecule has 1 unspecified atom stereocenters. The predicted molar refractivity (Wildman–Crippen MR) is 84.1 cm³/mol. The Morgan fingerprint density at radius 2 is 2.29 bits per heavy atom. The molecule has 2 aliphatic rings. The Bertz CT molecular complexity index is 659. The van der Waals surface area contributed by atoms with E-state index in [1.165, 1.54) is 36.2 Å². The van der Waals surface area contributed by atoms with Crippen LogP contribution >= 0.6 is 15.9 Å². The Morgan fingerprint density at radius 1 is 1.38 bits per heavy atom. The summed E-state index contributed by atoms with van der Waals surface area (Å²) in [6.07, 6.45) is 8.77. The monoisotopic (exact) mass is 349 g/mol. The maximum Gasteiger partial charge on any atom is 0.0660 e. The summed E-state index contributed by atoms with van der Waals surface area (Å²) in [5, 5.41) is 9.11. The number of hydrogen-bond acceptors (Lipinski definition) is 3. The van der Waals surface area contributed by atoms with E-state index in [9.17, 15) is 0 Å². The molecule has 4 rings (SSSR count). The zero-order valence-corrected chi connectivity index (χ0v) is 13.9. The standard InChI is InChI=1S/C15H20BrN5/c1-19-15(13-3-2-4-14(13)18-19)10-20-6-5-12(9-20)21-8-11(16)7-17-21/h7-8,12H,2-6,9-10H2,1H3. The van der Waals surface area contributed by atoms with Gasteiger partial charge in [-0.05, 0) is 47.2 Å². The van der Waals surface area contributed by atoms with E-state index in [0.717, 1.165) is 30.5 Å². The van der Waals surface area contributed by atoms with Crippen LogP contribution in [0.2, 0.25) is 0 Å². The van der Waals surface area contributed by atoms with Crippen molar-refractivity contribution >= 4 is 15.9 Å². The topological polar surface area (TPSA) is 38.9 Å². The fourth-order valence-corrected chi connectivity index (χ4v) is 3.98. The molecule has 0 N–H and O–H groups in total. The highest BCUT2D eigenvalue weighted by Gasteiger charge is 2.27. The zero-order valence-electron chi connectivity index (χ0n) is 12.3. The second-order valence-electron chi connectivity index (χ2n) is 6.17. The molecule has 2 aromatic heterocycles. The van der Waals surface area contributed by atoms with Crippen LogP contribution in [0.5, 0.6) is 0 Å². The van der Waals surface area contributed by atoms with Gasteiger partial charge in [-0.3, -0.25) is 14.3 Å². The van der Waals surface area contributed by atoms with Crippen LogP contribution in [0.25, 0.3) is 0 Å². The molecule has 0 aromatic carbocycles. The van der Waals surface area contributed by atoms with E-state index < -0.39 is 0 Å². The number of rotatable bonds is 3. The molecule has 0 amide bonds. The number of halogens is 1. The van der Waals surface area contributed by atoms with Gasteiger partial charge in [-0.2, -0.15) is 10.2 Å². The number of fused-ring (bicyclic) bond motifs is 1. The molecule has 1 aliphatic carbocycles. The van der Waals surface area contributed by atoms with E-state index in [1.54, 1.807) is 0 Å². The summed E-state index contributed by atoms with van der Waals surface area (Å²) in [6, 6.07) is 0.498. The summed E-state index contributed by atoms with van der Waals surface area (Å²) < 4.78 is 5.25. The van der Waals surface area contributed by atoms with Gasteiger partial charge in [-0.1, -0.05) is 0 Å². The SMILES string of the molecule is Cn1nc2c(c1CN1CCC(n3cc(Br)cn3)C1)CCC2. The Kier molecular flexibility index (Phi) is 3.38. The van der Waals surface area contributed by atoms with Gasteiger partial charge in [0.15, 0.2) is 0 Å². The van der Waals surface area contributed by atoms with E-state index in [1.807, 2.05) is 6.20 Å². The van der Waals surface area contributed by atoms with Gasteiger partial charge in [0.2, 0.25) is 0 Å². The van der Waals surface area contributed by atoms with Gasteiger partial charge < -0.3 is 0 Å². The minimum absolute atomic E-state index is 0.498. The highest BCUT2D eigenvalue weighted by Crippen LogP contribution is 2.28. The molecule has 1 fully saturated rings. The number of hydrogen-bond donors (Lipinski definition) is 0. The molecule has 0 radical (unpaired) electrons. The van der Waals surface area contributed by atoms with Crippen molar-refractivity contribution in [3.63, 3.8) is 0 Å². The maximum atomic E-state index is 4.68. The van der Waals surface area contributed by atoms with Crippen LogP contribution in [0.4, 0.5) is 0 Å². The molecular weight excluding hydrogens is 330 g/mol. The molecule has 0 saturated carbocycles. The first-order valence-electron chi connectivity index (χ1n) is 7.66. The average Bonchev–Trinajstić information content (AvgIpc) is 3.17. The molecule has 112 valence electrons. The van der Waals surface area contributed by atoms with E-state index >= 15 is 0 Å². The van der Waals surface area contributed by atoms with Crippen LogP contribution < -0.4 is 0 Å². The van der Waals surface area contributed by atoms with Gasteiger partial charge in [0, 0.05) is 32.9 Å². The van der Waals surface area contributed by atoms with Crippen LogP contribution in [-0.2, 0) is 26.4 Å². The lowest BCUT2D eigenvalue weighted by molar-refractivity contribution is 0.302. The molecule has 0 bridgehead atoms. The molecule has 1 saturated heterocycles. The van der Waals surface area contributed by atoms with Gasteiger partial charge in [0.05, 0.1) is 28.1 Å². The third-order valence-corrected chi connectivity index (χ3v) is 5.17. The van der Waals surface area contributed by atoms with Crippen LogP contribution in [0.15, 0.2) is 16.9 Å². The first-order valence-corrected chi connectivity index (χ1v) is 8.45. The normalized spacial score (nSPS) is 22.1. The Morgan fingerprint density at radius 3 is 3.10 bits per heavy atom. The molecule has 6 heteroatoms. The van der Waals surface area contributed by atoms with E-state index in [2.05, 4.69) is 53.6 Å². The fourth-order valence-electron chi connectivity index (χ4n) is 3.68. The highest BCUT2D eigenvalue weighted by molar-refractivity contribution is 9.10. The molecule has 1 atom stereocenters. The van der Waals surface area contributed by atoms with Gasteiger partial charge in [0.1, 0.15) is 0 Å². The van der Waals surface area contributed by atoms with Gasteiger partial charge in [-0.15, -0.1) is 0 Å². The van der Waals surface area contributed by atoms with Crippen LogP contribution in [-0.4, -0.2) is 37.6 Å². The van der Waals surface area contributed by atoms with Crippen LogP contribution in [0.3, 0.4) is 0 Å². The van der Waals surface area contributed by atoms with Crippen LogP contribution in [0.1, 0.15) is 35.8 Å². The van der Waals surface area contributed by atoms with Crippen molar-refractivity contribution in [2.24, 2.45) is 7.05 Å². The molecular formula is C15H20BrN5. The quantitative estimate of drug-likeness (QED) is 0.853. The van der Waals surface area contributed by atoms with E-state index in [-0.39, 0.29) is 0 Å². The third-order valence-electron chi connectivity index (χ3n) is 4.76. The molecule has 2 aromatic rings. The molecule has 1 aliphatic heterocycles. The van der Waals surface area contributed by atoms with Crippen molar-refractivity contribution in [3.8, 4) is 0 Å². The summed E-state index contributed by atoms with van der Waals surface area (Å²) in [5.41, 5.74) is 4.27. The second-order valence-corrected chi connectivity index (χ2v) is 7.08. The van der Waals surface area contributed by atoms with Crippen molar-refractivity contribution in [2.45, 2.75) is 38.3 Å². The number of likely N-dealkylation sites (tertiary alicyclic amines) is 1. The Balaban J connectivity index is 1.47. The lowest BCUT2D eigenvalue weighted by Gasteiger charge is -2.17. The minimum atomic E-state index is 0.498. The lowest BCUT2D eigenvalue weighted by Crippen LogP contribution is -2.23.